The molecule has 0 saturated heterocycles. The van der Waals surface area contributed by atoms with Crippen LogP contribution in [0.4, 0.5) is 17.6 Å². The van der Waals surface area contributed by atoms with Crippen LogP contribution in [0, 0.1) is 0 Å². The molecule has 2 rings (SSSR count). The van der Waals surface area contributed by atoms with E-state index >= 15 is 0 Å². The lowest BCUT2D eigenvalue weighted by Gasteiger charge is -2.06. The highest BCUT2D eigenvalue weighted by molar-refractivity contribution is 6.30. The van der Waals surface area contributed by atoms with Crippen LogP contribution in [0.15, 0.2) is 24.3 Å². The Morgan fingerprint density at radius 1 is 1.06 bits per heavy atom. The molecular formula is C10H9Cl2N5. The first-order valence-corrected chi connectivity index (χ1v) is 5.55. The summed E-state index contributed by atoms with van der Waals surface area (Å²) < 4.78 is 0. The van der Waals surface area contributed by atoms with E-state index in [-0.39, 0.29) is 5.28 Å². The lowest BCUT2D eigenvalue weighted by molar-refractivity contribution is 1.05. The SMILES string of the molecule is CNc1nc(Cl)nc(Nc2cccc(Cl)c2)n1. The molecule has 0 aliphatic carbocycles. The molecule has 2 N–H and O–H groups in total. The van der Waals surface area contributed by atoms with Gasteiger partial charge >= 0.3 is 0 Å². The van der Waals surface area contributed by atoms with Gasteiger partial charge in [0.2, 0.25) is 17.2 Å². The van der Waals surface area contributed by atoms with Crippen LogP contribution in [0.1, 0.15) is 0 Å². The summed E-state index contributed by atoms with van der Waals surface area (Å²) in [6, 6.07) is 7.22. The van der Waals surface area contributed by atoms with Crippen molar-refractivity contribution in [2.75, 3.05) is 17.7 Å². The van der Waals surface area contributed by atoms with E-state index in [9.17, 15) is 0 Å². The zero-order chi connectivity index (χ0) is 12.3. The molecule has 0 spiro atoms. The molecule has 5 nitrogen and oxygen atoms in total. The fourth-order valence-corrected chi connectivity index (χ4v) is 1.56. The van der Waals surface area contributed by atoms with Crippen LogP contribution in [0.3, 0.4) is 0 Å². The van der Waals surface area contributed by atoms with Gasteiger partial charge in [0.15, 0.2) is 0 Å². The molecule has 0 atom stereocenters. The van der Waals surface area contributed by atoms with Crippen LogP contribution in [0.2, 0.25) is 10.3 Å². The van der Waals surface area contributed by atoms with Crippen molar-refractivity contribution in [2.45, 2.75) is 0 Å². The fraction of sp³-hybridized carbons (Fsp3) is 0.100. The van der Waals surface area contributed by atoms with Crippen molar-refractivity contribution in [3.63, 3.8) is 0 Å². The first-order chi connectivity index (χ1) is 8.17. The standard InChI is InChI=1S/C10H9Cl2N5/c1-13-9-15-8(12)16-10(17-9)14-7-4-2-3-6(11)5-7/h2-5H,1H3,(H2,13,14,15,16,17). The zero-order valence-corrected chi connectivity index (χ0v) is 10.4. The molecule has 0 amide bonds. The Labute approximate surface area is 108 Å². The average Bonchev–Trinajstić information content (AvgIpc) is 2.28. The van der Waals surface area contributed by atoms with Gasteiger partial charge < -0.3 is 10.6 Å². The van der Waals surface area contributed by atoms with Gasteiger partial charge in [0.1, 0.15) is 0 Å². The minimum absolute atomic E-state index is 0.119. The number of hydrogen-bond donors (Lipinski definition) is 2. The first-order valence-electron chi connectivity index (χ1n) is 4.79. The second-order valence-corrected chi connectivity index (χ2v) is 3.91. The highest BCUT2D eigenvalue weighted by Crippen LogP contribution is 2.19. The lowest BCUT2D eigenvalue weighted by Crippen LogP contribution is -2.03. The molecule has 0 fully saturated rings. The van der Waals surface area contributed by atoms with E-state index in [0.29, 0.717) is 16.9 Å². The quantitative estimate of drug-likeness (QED) is 0.897. The Balaban J connectivity index is 2.26. The Bertz CT molecular complexity index is 532. The summed E-state index contributed by atoms with van der Waals surface area (Å²) in [5.74, 6) is 0.756. The molecular weight excluding hydrogens is 261 g/mol. The van der Waals surface area contributed by atoms with Crippen molar-refractivity contribution >= 4 is 40.8 Å². The summed E-state index contributed by atoms with van der Waals surface area (Å²) in [7, 11) is 1.70. The third-order valence-electron chi connectivity index (χ3n) is 1.91. The van der Waals surface area contributed by atoms with Crippen LogP contribution in [0.25, 0.3) is 0 Å². The minimum atomic E-state index is 0.119. The average molecular weight is 270 g/mol. The van der Waals surface area contributed by atoms with E-state index < -0.39 is 0 Å². The van der Waals surface area contributed by atoms with Gasteiger partial charge in [-0.25, -0.2) is 0 Å². The van der Waals surface area contributed by atoms with E-state index in [1.165, 1.54) is 0 Å². The van der Waals surface area contributed by atoms with Gasteiger partial charge in [0.25, 0.3) is 0 Å². The van der Waals surface area contributed by atoms with Gasteiger partial charge in [-0.1, -0.05) is 17.7 Å². The summed E-state index contributed by atoms with van der Waals surface area (Å²) in [5, 5.41) is 6.53. The van der Waals surface area contributed by atoms with Crippen LogP contribution >= 0.6 is 23.2 Å². The Morgan fingerprint density at radius 3 is 2.53 bits per heavy atom. The van der Waals surface area contributed by atoms with E-state index in [1.54, 1.807) is 19.2 Å². The maximum atomic E-state index is 5.87. The zero-order valence-electron chi connectivity index (χ0n) is 8.91. The normalized spacial score (nSPS) is 10.1. The lowest BCUT2D eigenvalue weighted by atomic mass is 10.3. The third-order valence-corrected chi connectivity index (χ3v) is 2.32. The monoisotopic (exact) mass is 269 g/mol. The topological polar surface area (TPSA) is 62.7 Å². The van der Waals surface area contributed by atoms with Gasteiger partial charge in [-0.15, -0.1) is 0 Å². The number of aromatic nitrogens is 3. The molecule has 0 bridgehead atoms. The second kappa shape index (κ2) is 5.16. The van der Waals surface area contributed by atoms with Crippen LogP contribution in [-0.4, -0.2) is 22.0 Å². The number of hydrogen-bond acceptors (Lipinski definition) is 5. The Kier molecular flexibility index (Phi) is 3.61. The Morgan fingerprint density at radius 2 is 1.82 bits per heavy atom. The van der Waals surface area contributed by atoms with Crippen LogP contribution in [-0.2, 0) is 0 Å². The fourth-order valence-electron chi connectivity index (χ4n) is 1.21. The second-order valence-electron chi connectivity index (χ2n) is 3.14. The smallest absolute Gasteiger partial charge is 0.233 e. The molecule has 0 aliphatic rings. The number of rotatable bonds is 3. The maximum absolute atomic E-state index is 5.87. The van der Waals surface area contributed by atoms with E-state index in [0.717, 1.165) is 5.69 Å². The van der Waals surface area contributed by atoms with Crippen molar-refractivity contribution in [3.8, 4) is 0 Å². The number of halogens is 2. The van der Waals surface area contributed by atoms with Gasteiger partial charge in [-0.2, -0.15) is 15.0 Å². The molecule has 1 aromatic carbocycles. The molecule has 2 aromatic rings. The van der Waals surface area contributed by atoms with Crippen molar-refractivity contribution in [1.29, 1.82) is 0 Å². The van der Waals surface area contributed by atoms with Crippen molar-refractivity contribution < 1.29 is 0 Å². The number of benzene rings is 1. The van der Waals surface area contributed by atoms with Gasteiger partial charge in [0, 0.05) is 17.8 Å². The van der Waals surface area contributed by atoms with Crippen molar-refractivity contribution in [3.05, 3.63) is 34.6 Å². The minimum Gasteiger partial charge on any atom is -0.357 e. The molecule has 1 aromatic heterocycles. The predicted molar refractivity (Wildman–Crippen MR) is 69.1 cm³/mol. The number of anilines is 3. The largest absolute Gasteiger partial charge is 0.357 e. The molecule has 0 saturated carbocycles. The van der Waals surface area contributed by atoms with Crippen LogP contribution in [0.5, 0.6) is 0 Å². The molecule has 1 heterocycles. The number of nitrogens with one attached hydrogen (secondary N) is 2. The van der Waals surface area contributed by atoms with Gasteiger partial charge in [-0.05, 0) is 29.8 Å². The number of nitrogens with zero attached hydrogens (tertiary/aromatic N) is 3. The molecule has 7 heteroatoms. The summed E-state index contributed by atoms with van der Waals surface area (Å²) >= 11 is 11.6. The third kappa shape index (κ3) is 3.18. The molecule has 0 unspecified atom stereocenters. The van der Waals surface area contributed by atoms with E-state index in [4.69, 9.17) is 23.2 Å². The van der Waals surface area contributed by atoms with E-state index in [1.807, 2.05) is 12.1 Å². The maximum Gasteiger partial charge on any atom is 0.233 e. The predicted octanol–water partition coefficient (Wildman–Crippen LogP) is 2.96. The molecule has 0 radical (unpaired) electrons. The highest BCUT2D eigenvalue weighted by Gasteiger charge is 2.04. The Hall–Kier alpha value is -1.59. The summed E-state index contributed by atoms with van der Waals surface area (Å²) in [6.07, 6.45) is 0. The van der Waals surface area contributed by atoms with Crippen LogP contribution < -0.4 is 10.6 Å². The molecule has 0 aliphatic heterocycles. The first kappa shape index (κ1) is 11.9. The summed E-state index contributed by atoms with van der Waals surface area (Å²) in [4.78, 5) is 11.9. The van der Waals surface area contributed by atoms with Crippen molar-refractivity contribution in [2.24, 2.45) is 0 Å². The molecule has 88 valence electrons. The highest BCUT2D eigenvalue weighted by atomic mass is 35.5. The van der Waals surface area contributed by atoms with Gasteiger partial charge in [-0.3, -0.25) is 0 Å². The van der Waals surface area contributed by atoms with Crippen molar-refractivity contribution in [1.82, 2.24) is 15.0 Å². The van der Waals surface area contributed by atoms with E-state index in [2.05, 4.69) is 25.6 Å². The summed E-state index contributed by atoms with van der Waals surface area (Å²) in [6.45, 7) is 0. The molecule has 17 heavy (non-hydrogen) atoms. The van der Waals surface area contributed by atoms with Gasteiger partial charge in [0.05, 0.1) is 0 Å². The summed E-state index contributed by atoms with van der Waals surface area (Å²) in [5.41, 5.74) is 0.779.